The number of benzene rings is 1. The second kappa shape index (κ2) is 5.77. The summed E-state index contributed by atoms with van der Waals surface area (Å²) in [6, 6.07) is 5.67. The highest BCUT2D eigenvalue weighted by molar-refractivity contribution is 5.91. The van der Waals surface area contributed by atoms with Gasteiger partial charge in [-0.1, -0.05) is 6.07 Å². The van der Waals surface area contributed by atoms with Crippen LogP contribution >= 0.6 is 0 Å². The first-order valence-corrected chi connectivity index (χ1v) is 4.83. The lowest BCUT2D eigenvalue weighted by molar-refractivity contribution is -0.124. The Hall–Kier alpha value is -2.01. The quantitative estimate of drug-likeness (QED) is 0.351. The van der Waals surface area contributed by atoms with Crippen molar-refractivity contribution in [1.82, 2.24) is 5.48 Å². The Balaban J connectivity index is 2.91. The van der Waals surface area contributed by atoms with E-state index in [4.69, 9.17) is 5.21 Å². The molecular weight excluding hydrogens is 206 g/mol. The predicted octanol–water partition coefficient (Wildman–Crippen LogP) is 1.29. The van der Waals surface area contributed by atoms with Crippen LogP contribution in [0.4, 0.5) is 11.4 Å². The van der Waals surface area contributed by atoms with Crippen molar-refractivity contribution >= 4 is 23.4 Å². The van der Waals surface area contributed by atoms with Crippen LogP contribution < -0.4 is 16.1 Å². The molecule has 0 radical (unpaired) electrons. The molecule has 1 aromatic rings. The van der Waals surface area contributed by atoms with E-state index in [9.17, 15) is 4.79 Å². The van der Waals surface area contributed by atoms with E-state index in [0.717, 1.165) is 16.9 Å². The van der Waals surface area contributed by atoms with Gasteiger partial charge in [0.2, 0.25) is 0 Å². The van der Waals surface area contributed by atoms with Gasteiger partial charge in [0.15, 0.2) is 0 Å². The van der Waals surface area contributed by atoms with Crippen molar-refractivity contribution in [3.8, 4) is 0 Å². The minimum Gasteiger partial charge on any atom is -0.386 e. The molecule has 1 aromatic carbocycles. The number of hydroxylamine groups is 1. The topological polar surface area (TPSA) is 73.4 Å². The van der Waals surface area contributed by atoms with Crippen LogP contribution in [-0.4, -0.2) is 25.2 Å². The summed E-state index contributed by atoms with van der Waals surface area (Å²) in [5.41, 5.74) is 4.32. The highest BCUT2D eigenvalue weighted by atomic mass is 16.5. The van der Waals surface area contributed by atoms with Crippen LogP contribution in [0.1, 0.15) is 5.56 Å². The summed E-state index contributed by atoms with van der Waals surface area (Å²) in [6.07, 6.45) is 2.87. The number of hydrogen-bond donors (Lipinski definition) is 4. The monoisotopic (exact) mass is 221 g/mol. The average Bonchev–Trinajstić information content (AvgIpc) is 2.35. The molecule has 0 aromatic heterocycles. The van der Waals surface area contributed by atoms with Gasteiger partial charge < -0.3 is 10.6 Å². The fraction of sp³-hybridized carbons (Fsp3) is 0.182. The van der Waals surface area contributed by atoms with Gasteiger partial charge in [-0.2, -0.15) is 0 Å². The number of amides is 1. The molecule has 1 amide bonds. The molecule has 0 unspecified atom stereocenters. The van der Waals surface area contributed by atoms with Crippen molar-refractivity contribution in [2.24, 2.45) is 0 Å². The summed E-state index contributed by atoms with van der Waals surface area (Å²) in [5.74, 6) is -0.552. The van der Waals surface area contributed by atoms with Crippen molar-refractivity contribution in [2.45, 2.75) is 0 Å². The zero-order chi connectivity index (χ0) is 12.0. The highest BCUT2D eigenvalue weighted by Gasteiger charge is 1.99. The van der Waals surface area contributed by atoms with Crippen molar-refractivity contribution in [2.75, 3.05) is 24.7 Å². The second-order valence-electron chi connectivity index (χ2n) is 3.11. The van der Waals surface area contributed by atoms with Gasteiger partial charge in [0.05, 0.1) is 11.4 Å². The summed E-state index contributed by atoms with van der Waals surface area (Å²) in [7, 11) is 3.66. The smallest absolute Gasteiger partial charge is 0.267 e. The van der Waals surface area contributed by atoms with Gasteiger partial charge in [-0.3, -0.25) is 10.0 Å². The Kier molecular flexibility index (Phi) is 4.35. The largest absolute Gasteiger partial charge is 0.386 e. The Morgan fingerprint density at radius 2 is 1.94 bits per heavy atom. The van der Waals surface area contributed by atoms with Crippen molar-refractivity contribution in [3.63, 3.8) is 0 Å². The van der Waals surface area contributed by atoms with Crippen LogP contribution in [0.5, 0.6) is 0 Å². The van der Waals surface area contributed by atoms with E-state index >= 15 is 0 Å². The van der Waals surface area contributed by atoms with E-state index in [0.29, 0.717) is 0 Å². The second-order valence-corrected chi connectivity index (χ2v) is 3.11. The third-order valence-corrected chi connectivity index (χ3v) is 2.12. The molecule has 0 fully saturated rings. The Morgan fingerprint density at radius 1 is 1.25 bits per heavy atom. The zero-order valence-corrected chi connectivity index (χ0v) is 9.24. The molecular formula is C11H15N3O2. The molecule has 0 bridgehead atoms. The molecule has 0 atom stereocenters. The summed E-state index contributed by atoms with van der Waals surface area (Å²) < 4.78 is 0. The number of rotatable bonds is 4. The Labute approximate surface area is 94.1 Å². The summed E-state index contributed by atoms with van der Waals surface area (Å²) in [4.78, 5) is 10.8. The maximum Gasteiger partial charge on any atom is 0.267 e. The zero-order valence-electron chi connectivity index (χ0n) is 9.24. The summed E-state index contributed by atoms with van der Waals surface area (Å²) in [5, 5.41) is 14.4. The fourth-order valence-corrected chi connectivity index (χ4v) is 1.30. The first-order valence-electron chi connectivity index (χ1n) is 4.83. The SMILES string of the molecule is CNc1ccc(/C=C/C(=O)NO)cc1NC. The van der Waals surface area contributed by atoms with Crippen molar-refractivity contribution < 1.29 is 10.0 Å². The van der Waals surface area contributed by atoms with Gasteiger partial charge >= 0.3 is 0 Å². The van der Waals surface area contributed by atoms with Crippen LogP contribution in [0.15, 0.2) is 24.3 Å². The normalized spacial score (nSPS) is 10.2. The van der Waals surface area contributed by atoms with Crippen molar-refractivity contribution in [3.05, 3.63) is 29.8 Å². The average molecular weight is 221 g/mol. The number of hydrogen-bond acceptors (Lipinski definition) is 4. The number of carbonyl (C=O) groups excluding carboxylic acids is 1. The molecule has 0 saturated heterocycles. The molecule has 16 heavy (non-hydrogen) atoms. The molecule has 0 saturated carbocycles. The van der Waals surface area contributed by atoms with E-state index < -0.39 is 5.91 Å². The van der Waals surface area contributed by atoms with Gasteiger partial charge in [-0.15, -0.1) is 0 Å². The molecule has 0 heterocycles. The predicted molar refractivity (Wildman–Crippen MR) is 64.5 cm³/mol. The van der Waals surface area contributed by atoms with E-state index in [1.54, 1.807) is 6.08 Å². The molecule has 0 aliphatic carbocycles. The van der Waals surface area contributed by atoms with E-state index in [1.807, 2.05) is 32.3 Å². The molecule has 0 spiro atoms. The van der Waals surface area contributed by atoms with Gasteiger partial charge in [-0.25, -0.2) is 5.48 Å². The first-order chi connectivity index (χ1) is 7.71. The maximum absolute atomic E-state index is 10.8. The lowest BCUT2D eigenvalue weighted by Crippen LogP contribution is -2.14. The van der Waals surface area contributed by atoms with E-state index in [-0.39, 0.29) is 0 Å². The molecule has 5 nitrogen and oxygen atoms in total. The first kappa shape index (κ1) is 12.1. The van der Waals surface area contributed by atoms with Gasteiger partial charge in [0.1, 0.15) is 0 Å². The lowest BCUT2D eigenvalue weighted by atomic mass is 10.1. The van der Waals surface area contributed by atoms with Crippen LogP contribution in [0.2, 0.25) is 0 Å². The standard InChI is InChI=1S/C11H15N3O2/c1-12-9-5-3-8(7-10(9)13-2)4-6-11(15)14-16/h3-7,12-13,16H,1-2H3,(H,14,15)/b6-4+. The van der Waals surface area contributed by atoms with Crippen LogP contribution in [0, 0.1) is 0 Å². The Bertz CT molecular complexity index is 402. The minimum atomic E-state index is -0.552. The number of carbonyl (C=O) groups is 1. The molecule has 5 heteroatoms. The molecule has 0 aliphatic heterocycles. The van der Waals surface area contributed by atoms with Crippen LogP contribution in [-0.2, 0) is 4.79 Å². The van der Waals surface area contributed by atoms with Gasteiger partial charge in [0.25, 0.3) is 5.91 Å². The number of anilines is 2. The molecule has 4 N–H and O–H groups in total. The summed E-state index contributed by atoms with van der Waals surface area (Å²) in [6.45, 7) is 0. The van der Waals surface area contributed by atoms with Crippen LogP contribution in [0.3, 0.4) is 0 Å². The molecule has 1 rings (SSSR count). The Morgan fingerprint density at radius 3 is 2.50 bits per heavy atom. The van der Waals surface area contributed by atoms with Crippen LogP contribution in [0.25, 0.3) is 6.08 Å². The van der Waals surface area contributed by atoms with Crippen molar-refractivity contribution in [1.29, 1.82) is 0 Å². The fourth-order valence-electron chi connectivity index (χ4n) is 1.30. The summed E-state index contributed by atoms with van der Waals surface area (Å²) >= 11 is 0. The highest BCUT2D eigenvalue weighted by Crippen LogP contribution is 2.22. The maximum atomic E-state index is 10.8. The number of nitrogens with one attached hydrogen (secondary N) is 3. The van der Waals surface area contributed by atoms with E-state index in [2.05, 4.69) is 10.6 Å². The third kappa shape index (κ3) is 2.99. The lowest BCUT2D eigenvalue weighted by Gasteiger charge is -2.09. The molecule has 86 valence electrons. The third-order valence-electron chi connectivity index (χ3n) is 2.12. The minimum absolute atomic E-state index is 0.552. The van der Waals surface area contributed by atoms with Gasteiger partial charge in [0, 0.05) is 20.2 Å². The van der Waals surface area contributed by atoms with E-state index in [1.165, 1.54) is 11.6 Å². The van der Waals surface area contributed by atoms with Gasteiger partial charge in [-0.05, 0) is 23.8 Å². The molecule has 0 aliphatic rings.